The van der Waals surface area contributed by atoms with Crippen LogP contribution in [0.4, 0.5) is 0 Å². The molecule has 0 aliphatic carbocycles. The van der Waals surface area contributed by atoms with Gasteiger partial charge in [0.05, 0.1) is 27.4 Å². The van der Waals surface area contributed by atoms with Crippen LogP contribution in [0.5, 0.6) is 17.2 Å². The number of ether oxygens (including phenoxy) is 3. The van der Waals surface area contributed by atoms with Crippen molar-refractivity contribution in [2.75, 3.05) is 21.3 Å². The second-order valence-corrected chi connectivity index (χ2v) is 3.90. The summed E-state index contributed by atoms with van der Waals surface area (Å²) in [6.45, 7) is 0. The number of carboxylic acid groups (broad SMARTS) is 1. The second kappa shape index (κ2) is 6.84. The van der Waals surface area contributed by atoms with Crippen LogP contribution < -0.4 is 14.2 Å². The lowest BCUT2D eigenvalue weighted by Gasteiger charge is -2.17. The molecule has 1 aromatic rings. The first-order valence-corrected chi connectivity index (χ1v) is 5.73. The van der Waals surface area contributed by atoms with E-state index in [1.54, 1.807) is 12.1 Å². The summed E-state index contributed by atoms with van der Waals surface area (Å²) in [6.07, 6.45) is -0.967. The van der Waals surface area contributed by atoms with Crippen LogP contribution in [0, 0.1) is 0 Å². The molecule has 1 unspecified atom stereocenters. The minimum Gasteiger partial charge on any atom is -0.496 e. The molecule has 0 bridgehead atoms. The van der Waals surface area contributed by atoms with Gasteiger partial charge in [0, 0.05) is 18.1 Å². The molecule has 0 heterocycles. The largest absolute Gasteiger partial charge is 0.496 e. The number of benzene rings is 1. The first-order chi connectivity index (χ1) is 9.03. The van der Waals surface area contributed by atoms with E-state index in [4.69, 9.17) is 19.3 Å². The minimum atomic E-state index is -0.960. The van der Waals surface area contributed by atoms with Crippen LogP contribution in [0.1, 0.15) is 24.5 Å². The Morgan fingerprint density at radius 3 is 2.11 bits per heavy atom. The van der Waals surface area contributed by atoms with Gasteiger partial charge in [0.25, 0.3) is 0 Å². The van der Waals surface area contributed by atoms with E-state index in [-0.39, 0.29) is 12.8 Å². The highest BCUT2D eigenvalue weighted by atomic mass is 16.5. The summed E-state index contributed by atoms with van der Waals surface area (Å²) in [7, 11) is 4.45. The highest BCUT2D eigenvalue weighted by Gasteiger charge is 2.18. The van der Waals surface area contributed by atoms with Crippen molar-refractivity contribution >= 4 is 5.97 Å². The van der Waals surface area contributed by atoms with E-state index in [0.29, 0.717) is 22.8 Å². The third kappa shape index (κ3) is 3.75. The van der Waals surface area contributed by atoms with Crippen molar-refractivity contribution in [3.63, 3.8) is 0 Å². The Labute approximate surface area is 111 Å². The third-order valence-corrected chi connectivity index (χ3v) is 2.73. The summed E-state index contributed by atoms with van der Waals surface area (Å²) >= 11 is 0. The van der Waals surface area contributed by atoms with Crippen LogP contribution in [-0.4, -0.2) is 37.5 Å². The van der Waals surface area contributed by atoms with Crippen molar-refractivity contribution in [1.82, 2.24) is 0 Å². The van der Waals surface area contributed by atoms with Gasteiger partial charge in [-0.2, -0.15) is 0 Å². The summed E-state index contributed by atoms with van der Waals surface area (Å²) in [4.78, 5) is 10.5. The average Bonchev–Trinajstić information content (AvgIpc) is 2.42. The van der Waals surface area contributed by atoms with E-state index in [2.05, 4.69) is 0 Å². The molecule has 0 aliphatic heterocycles. The molecule has 1 rings (SSSR count). The van der Waals surface area contributed by atoms with Crippen LogP contribution in [0.15, 0.2) is 12.1 Å². The van der Waals surface area contributed by atoms with Crippen molar-refractivity contribution in [1.29, 1.82) is 0 Å². The molecule has 0 radical (unpaired) electrons. The molecule has 0 spiro atoms. The highest BCUT2D eigenvalue weighted by molar-refractivity contribution is 5.66. The van der Waals surface area contributed by atoms with E-state index in [0.717, 1.165) is 0 Å². The summed E-state index contributed by atoms with van der Waals surface area (Å²) < 4.78 is 15.4. The molecule has 0 saturated carbocycles. The number of hydrogen-bond donors (Lipinski definition) is 2. The van der Waals surface area contributed by atoms with Crippen LogP contribution in [-0.2, 0) is 4.79 Å². The van der Waals surface area contributed by atoms with Crippen LogP contribution in [0.2, 0.25) is 0 Å². The van der Waals surface area contributed by atoms with E-state index in [1.165, 1.54) is 21.3 Å². The predicted molar refractivity (Wildman–Crippen MR) is 67.9 cm³/mol. The molecule has 106 valence electrons. The first kappa shape index (κ1) is 15.1. The van der Waals surface area contributed by atoms with Gasteiger partial charge in [-0.1, -0.05) is 0 Å². The number of aliphatic hydroxyl groups is 1. The van der Waals surface area contributed by atoms with Crippen molar-refractivity contribution in [3.05, 3.63) is 17.7 Å². The molecular weight excluding hydrogens is 252 g/mol. The van der Waals surface area contributed by atoms with Crippen molar-refractivity contribution < 1.29 is 29.2 Å². The van der Waals surface area contributed by atoms with Gasteiger partial charge in [-0.15, -0.1) is 0 Å². The first-order valence-electron chi connectivity index (χ1n) is 5.73. The zero-order chi connectivity index (χ0) is 14.4. The molecule has 19 heavy (non-hydrogen) atoms. The molecule has 6 nitrogen and oxygen atoms in total. The third-order valence-electron chi connectivity index (χ3n) is 2.73. The average molecular weight is 270 g/mol. The van der Waals surface area contributed by atoms with Crippen molar-refractivity contribution in [3.8, 4) is 17.2 Å². The summed E-state index contributed by atoms with van der Waals surface area (Å²) in [5.41, 5.74) is 0.474. The summed E-state index contributed by atoms with van der Waals surface area (Å²) in [6, 6.07) is 3.18. The molecule has 1 aromatic carbocycles. The van der Waals surface area contributed by atoms with Gasteiger partial charge in [0.15, 0.2) is 11.5 Å². The standard InChI is InChI=1S/C13H18O6/c1-17-10-7-12(19-3)11(18-2)6-8(10)9(14)4-5-13(15)16/h6-7,9,14H,4-5H2,1-3H3,(H,15,16). The summed E-state index contributed by atoms with van der Waals surface area (Å²) in [5.74, 6) is 0.398. The van der Waals surface area contributed by atoms with Gasteiger partial charge < -0.3 is 24.4 Å². The zero-order valence-corrected chi connectivity index (χ0v) is 11.2. The van der Waals surface area contributed by atoms with Gasteiger partial charge in [-0.25, -0.2) is 0 Å². The van der Waals surface area contributed by atoms with E-state index in [1.807, 2.05) is 0 Å². The lowest BCUT2D eigenvalue weighted by molar-refractivity contribution is -0.137. The molecule has 0 aromatic heterocycles. The van der Waals surface area contributed by atoms with E-state index >= 15 is 0 Å². The number of aliphatic hydroxyl groups excluding tert-OH is 1. The lowest BCUT2D eigenvalue weighted by atomic mass is 10.0. The number of aliphatic carboxylic acids is 1. The maximum Gasteiger partial charge on any atom is 0.303 e. The number of carbonyl (C=O) groups is 1. The summed E-state index contributed by atoms with van der Waals surface area (Å²) in [5, 5.41) is 18.7. The van der Waals surface area contributed by atoms with Gasteiger partial charge >= 0.3 is 5.97 Å². The Bertz CT molecular complexity index is 443. The van der Waals surface area contributed by atoms with Crippen LogP contribution in [0.3, 0.4) is 0 Å². The topological polar surface area (TPSA) is 85.2 Å². The normalized spacial score (nSPS) is 11.8. The van der Waals surface area contributed by atoms with Crippen molar-refractivity contribution in [2.45, 2.75) is 18.9 Å². The lowest BCUT2D eigenvalue weighted by Crippen LogP contribution is -2.05. The number of hydrogen-bond acceptors (Lipinski definition) is 5. The van der Waals surface area contributed by atoms with Gasteiger partial charge in [0.2, 0.25) is 0 Å². The van der Waals surface area contributed by atoms with Crippen molar-refractivity contribution in [2.24, 2.45) is 0 Å². The maximum absolute atomic E-state index is 10.5. The van der Waals surface area contributed by atoms with Crippen LogP contribution >= 0.6 is 0 Å². The number of carboxylic acids is 1. The Morgan fingerprint density at radius 1 is 1.11 bits per heavy atom. The number of rotatable bonds is 7. The van der Waals surface area contributed by atoms with Crippen LogP contribution in [0.25, 0.3) is 0 Å². The Hall–Kier alpha value is -1.95. The molecule has 6 heteroatoms. The predicted octanol–water partition coefficient (Wildman–Crippen LogP) is 1.61. The smallest absolute Gasteiger partial charge is 0.303 e. The van der Waals surface area contributed by atoms with E-state index < -0.39 is 12.1 Å². The number of methoxy groups -OCH3 is 3. The van der Waals surface area contributed by atoms with Gasteiger partial charge in [-0.05, 0) is 12.5 Å². The molecule has 0 fully saturated rings. The maximum atomic E-state index is 10.5. The SMILES string of the molecule is COc1cc(OC)c(C(O)CCC(=O)O)cc1OC. The molecule has 1 atom stereocenters. The monoisotopic (exact) mass is 270 g/mol. The van der Waals surface area contributed by atoms with Gasteiger partial charge in [-0.3, -0.25) is 4.79 Å². The highest BCUT2D eigenvalue weighted by Crippen LogP contribution is 2.38. The Kier molecular flexibility index (Phi) is 5.44. The minimum absolute atomic E-state index is 0.0984. The molecule has 2 N–H and O–H groups in total. The Balaban J connectivity index is 3.06. The fraction of sp³-hybridized carbons (Fsp3) is 0.462. The molecule has 0 amide bonds. The molecular formula is C13H18O6. The fourth-order valence-electron chi connectivity index (χ4n) is 1.73. The quantitative estimate of drug-likeness (QED) is 0.783. The molecule has 0 saturated heterocycles. The zero-order valence-electron chi connectivity index (χ0n) is 11.2. The molecule has 0 aliphatic rings. The van der Waals surface area contributed by atoms with E-state index in [9.17, 15) is 9.90 Å². The fourth-order valence-corrected chi connectivity index (χ4v) is 1.73. The van der Waals surface area contributed by atoms with Gasteiger partial charge in [0.1, 0.15) is 5.75 Å². The second-order valence-electron chi connectivity index (χ2n) is 3.90. The Morgan fingerprint density at radius 2 is 1.63 bits per heavy atom.